The van der Waals surface area contributed by atoms with Gasteiger partial charge in [0.1, 0.15) is 18.3 Å². The van der Waals surface area contributed by atoms with E-state index < -0.39 is 34.4 Å². The Bertz CT molecular complexity index is 1380. The van der Waals surface area contributed by atoms with Crippen LogP contribution in [-0.4, -0.2) is 51.4 Å². The molecule has 0 heterocycles. The van der Waals surface area contributed by atoms with Gasteiger partial charge in [0.05, 0.1) is 17.2 Å². The molecule has 0 aromatic heterocycles. The highest BCUT2D eigenvalue weighted by Crippen LogP contribution is 2.33. The first-order valence-corrected chi connectivity index (χ1v) is 14.0. The lowest BCUT2D eigenvalue weighted by atomic mass is 10.1. The number of rotatable bonds is 11. The van der Waals surface area contributed by atoms with Crippen molar-refractivity contribution in [3.05, 3.63) is 88.4 Å². The molecule has 1 unspecified atom stereocenters. The number of hydrogen-bond donors (Lipinski definition) is 1. The summed E-state index contributed by atoms with van der Waals surface area (Å²) in [4.78, 5) is 27.7. The summed E-state index contributed by atoms with van der Waals surface area (Å²) in [5.41, 5.74) is 0.794. The van der Waals surface area contributed by atoms with Crippen molar-refractivity contribution in [3.8, 4) is 5.75 Å². The number of halogens is 2. The van der Waals surface area contributed by atoms with Crippen molar-refractivity contribution in [1.29, 1.82) is 0 Å². The highest BCUT2D eigenvalue weighted by molar-refractivity contribution is 7.92. The quantitative estimate of drug-likeness (QED) is 0.354. The molecule has 2 amide bonds. The summed E-state index contributed by atoms with van der Waals surface area (Å²) >= 11 is 12.3. The van der Waals surface area contributed by atoms with E-state index in [1.165, 1.54) is 36.2 Å². The molecule has 8 nitrogen and oxygen atoms in total. The van der Waals surface area contributed by atoms with Crippen LogP contribution in [-0.2, 0) is 26.2 Å². The molecule has 0 bridgehead atoms. The topological polar surface area (TPSA) is 96.0 Å². The fraction of sp³-hybridized carbons (Fsp3) is 0.259. The lowest BCUT2D eigenvalue weighted by Gasteiger charge is -2.32. The largest absolute Gasteiger partial charge is 0.492 e. The molecule has 0 saturated heterocycles. The number of carbonyl (C=O) groups excluding carboxylic acids is 2. The first-order valence-electron chi connectivity index (χ1n) is 11.8. The molecule has 0 fully saturated rings. The Hall–Kier alpha value is -3.27. The minimum absolute atomic E-state index is 0.00493. The number of anilines is 1. The number of nitrogens with zero attached hydrogens (tertiary/aromatic N) is 2. The second kappa shape index (κ2) is 13.0. The lowest BCUT2D eigenvalue weighted by molar-refractivity contribution is -0.139. The highest BCUT2D eigenvalue weighted by atomic mass is 35.5. The van der Waals surface area contributed by atoms with Gasteiger partial charge in [-0.1, -0.05) is 53.5 Å². The number of sulfonamides is 1. The lowest BCUT2D eigenvalue weighted by Crippen LogP contribution is -2.50. The summed E-state index contributed by atoms with van der Waals surface area (Å²) in [6.45, 7) is 3.03. The number of ether oxygens (including phenoxy) is 1. The maximum absolute atomic E-state index is 13.9. The predicted molar refractivity (Wildman–Crippen MR) is 149 cm³/mol. The van der Waals surface area contributed by atoms with Gasteiger partial charge in [0.15, 0.2) is 0 Å². The monoisotopic (exact) mass is 577 g/mol. The molecule has 1 N–H and O–H groups in total. The van der Waals surface area contributed by atoms with Crippen LogP contribution in [0.15, 0.2) is 77.7 Å². The van der Waals surface area contributed by atoms with E-state index in [2.05, 4.69) is 5.32 Å². The molecule has 0 saturated carbocycles. The molecular weight excluding hydrogens is 549 g/mol. The van der Waals surface area contributed by atoms with Crippen molar-refractivity contribution >= 4 is 50.7 Å². The number of amides is 2. The van der Waals surface area contributed by atoms with Gasteiger partial charge in [-0.25, -0.2) is 8.42 Å². The minimum atomic E-state index is -4.25. The number of likely N-dealkylation sites (N-methyl/N-ethyl adjacent to an activating group) is 1. The Morgan fingerprint density at radius 2 is 1.61 bits per heavy atom. The molecule has 0 radical (unpaired) electrons. The average Bonchev–Trinajstić information content (AvgIpc) is 2.91. The maximum Gasteiger partial charge on any atom is 0.264 e. The smallest absolute Gasteiger partial charge is 0.264 e. The Morgan fingerprint density at radius 1 is 0.974 bits per heavy atom. The van der Waals surface area contributed by atoms with Crippen molar-refractivity contribution in [3.63, 3.8) is 0 Å². The standard InChI is InChI=1S/C27H29Cl2N3O5S/c1-4-37-25-12-8-7-11-24(25)32(38(35,36)22-15-13-21(28)14-16-22)18-26(33)31(19(2)27(34)30-3)17-20-9-5-6-10-23(20)29/h5-16,19H,4,17-18H2,1-3H3,(H,30,34). The van der Waals surface area contributed by atoms with Crippen molar-refractivity contribution in [2.75, 3.05) is 24.5 Å². The summed E-state index contributed by atoms with van der Waals surface area (Å²) in [5.74, 6) is -0.727. The van der Waals surface area contributed by atoms with Gasteiger partial charge in [-0.3, -0.25) is 13.9 Å². The van der Waals surface area contributed by atoms with Gasteiger partial charge in [0.2, 0.25) is 11.8 Å². The van der Waals surface area contributed by atoms with Crippen LogP contribution in [0.1, 0.15) is 19.4 Å². The fourth-order valence-electron chi connectivity index (χ4n) is 3.79. The van der Waals surface area contributed by atoms with Crippen LogP contribution in [0.5, 0.6) is 5.75 Å². The van der Waals surface area contributed by atoms with E-state index >= 15 is 0 Å². The Balaban J connectivity index is 2.10. The van der Waals surface area contributed by atoms with Gasteiger partial charge in [0.25, 0.3) is 10.0 Å². The molecule has 1 atom stereocenters. The van der Waals surface area contributed by atoms with Crippen molar-refractivity contribution in [2.45, 2.75) is 31.3 Å². The Kier molecular flexibility index (Phi) is 10.0. The van der Waals surface area contributed by atoms with Gasteiger partial charge < -0.3 is 15.0 Å². The first-order chi connectivity index (χ1) is 18.1. The zero-order chi connectivity index (χ0) is 27.9. The molecular formula is C27H29Cl2N3O5S. The van der Waals surface area contributed by atoms with E-state index in [0.717, 1.165) is 4.31 Å². The zero-order valence-electron chi connectivity index (χ0n) is 21.2. The third kappa shape index (κ3) is 6.78. The second-order valence-corrected chi connectivity index (χ2v) is 11.0. The summed E-state index contributed by atoms with van der Waals surface area (Å²) in [6.07, 6.45) is 0. The predicted octanol–water partition coefficient (Wildman–Crippen LogP) is 4.75. The van der Waals surface area contributed by atoms with Crippen molar-refractivity contribution in [2.24, 2.45) is 0 Å². The third-order valence-electron chi connectivity index (χ3n) is 5.83. The summed E-state index contributed by atoms with van der Waals surface area (Å²) < 4.78 is 34.5. The van der Waals surface area contributed by atoms with Crippen LogP contribution in [0.4, 0.5) is 5.69 Å². The molecule has 0 spiro atoms. The number of carbonyl (C=O) groups is 2. The number of benzene rings is 3. The van der Waals surface area contributed by atoms with E-state index in [4.69, 9.17) is 27.9 Å². The molecule has 0 aliphatic rings. The molecule has 0 aliphatic carbocycles. The van der Waals surface area contributed by atoms with Crippen LogP contribution in [0.3, 0.4) is 0 Å². The molecule has 3 aromatic rings. The van der Waals surface area contributed by atoms with Gasteiger partial charge >= 0.3 is 0 Å². The maximum atomic E-state index is 13.9. The van der Waals surface area contributed by atoms with Crippen LogP contribution >= 0.6 is 23.2 Å². The van der Waals surface area contributed by atoms with E-state index in [-0.39, 0.29) is 29.5 Å². The molecule has 38 heavy (non-hydrogen) atoms. The molecule has 3 aromatic carbocycles. The fourth-order valence-corrected chi connectivity index (χ4v) is 5.54. The van der Waals surface area contributed by atoms with E-state index in [1.807, 2.05) is 0 Å². The van der Waals surface area contributed by atoms with Crippen LogP contribution < -0.4 is 14.4 Å². The van der Waals surface area contributed by atoms with Gasteiger partial charge in [-0.05, 0) is 61.9 Å². The molecule has 202 valence electrons. The SMILES string of the molecule is CCOc1ccccc1N(CC(=O)N(Cc1ccccc1Cl)C(C)C(=O)NC)S(=O)(=O)c1ccc(Cl)cc1. The van der Waals surface area contributed by atoms with E-state index in [1.54, 1.807) is 62.4 Å². The van der Waals surface area contributed by atoms with Crippen LogP contribution in [0.25, 0.3) is 0 Å². The van der Waals surface area contributed by atoms with Gasteiger partial charge in [0, 0.05) is 23.6 Å². The van der Waals surface area contributed by atoms with Crippen LogP contribution in [0.2, 0.25) is 10.0 Å². The van der Waals surface area contributed by atoms with Crippen molar-refractivity contribution < 1.29 is 22.7 Å². The van der Waals surface area contributed by atoms with Crippen LogP contribution in [0, 0.1) is 0 Å². The molecule has 11 heteroatoms. The van der Waals surface area contributed by atoms with Gasteiger partial charge in [-0.2, -0.15) is 0 Å². The van der Waals surface area contributed by atoms with E-state index in [0.29, 0.717) is 15.6 Å². The summed E-state index contributed by atoms with van der Waals surface area (Å²) in [7, 11) is -2.79. The Morgan fingerprint density at radius 3 is 2.24 bits per heavy atom. The first kappa shape index (κ1) is 29.3. The number of para-hydroxylation sites is 2. The Labute approximate surface area is 233 Å². The average molecular weight is 579 g/mol. The number of nitrogens with one attached hydrogen (secondary N) is 1. The third-order valence-corrected chi connectivity index (χ3v) is 8.22. The second-order valence-electron chi connectivity index (χ2n) is 8.27. The summed E-state index contributed by atoms with van der Waals surface area (Å²) in [6, 6.07) is 18.2. The van der Waals surface area contributed by atoms with E-state index in [9.17, 15) is 18.0 Å². The molecule has 0 aliphatic heterocycles. The highest BCUT2D eigenvalue weighted by Gasteiger charge is 2.33. The van der Waals surface area contributed by atoms with Gasteiger partial charge in [-0.15, -0.1) is 0 Å². The molecule has 3 rings (SSSR count). The van der Waals surface area contributed by atoms with Crippen molar-refractivity contribution in [1.82, 2.24) is 10.2 Å². The number of hydrogen-bond acceptors (Lipinski definition) is 5. The minimum Gasteiger partial charge on any atom is -0.492 e. The zero-order valence-corrected chi connectivity index (χ0v) is 23.6. The normalized spacial score (nSPS) is 11.9. The summed E-state index contributed by atoms with van der Waals surface area (Å²) in [5, 5.41) is 3.33.